The van der Waals surface area contributed by atoms with E-state index in [1.165, 1.54) is 12.4 Å². The van der Waals surface area contributed by atoms with Gasteiger partial charge < -0.3 is 0 Å². The Morgan fingerprint density at radius 1 is 1.36 bits per heavy atom. The summed E-state index contributed by atoms with van der Waals surface area (Å²) in [6, 6.07) is 0. The van der Waals surface area contributed by atoms with Gasteiger partial charge in [0, 0.05) is 12.4 Å². The predicted molar refractivity (Wildman–Crippen MR) is 50.0 cm³/mol. The lowest BCUT2D eigenvalue weighted by Crippen LogP contribution is -2.18. The van der Waals surface area contributed by atoms with Crippen LogP contribution in [-0.2, 0) is 16.3 Å². The van der Waals surface area contributed by atoms with Crippen LogP contribution < -0.4 is 0 Å². The summed E-state index contributed by atoms with van der Waals surface area (Å²) in [4.78, 5) is 14.7. The third-order valence-electron chi connectivity index (χ3n) is 2.29. The second kappa shape index (κ2) is 3.16. The lowest BCUT2D eigenvalue weighted by atomic mass is 10.1. The zero-order valence-corrected chi connectivity index (χ0v) is 8.25. The highest BCUT2D eigenvalue weighted by Crippen LogP contribution is 2.26. The summed E-state index contributed by atoms with van der Waals surface area (Å²) in [5, 5.41) is 0. The highest BCUT2D eigenvalue weighted by molar-refractivity contribution is 7.91. The molecule has 0 N–H and O–H groups in total. The second-order valence-corrected chi connectivity index (χ2v) is 5.30. The average Bonchev–Trinajstić information content (AvgIpc) is 2.16. The molecule has 0 atom stereocenters. The highest BCUT2D eigenvalue weighted by atomic mass is 32.2. The van der Waals surface area contributed by atoms with Crippen LogP contribution in [0, 0.1) is 0 Å². The molecule has 1 aromatic rings. The molecule has 4 nitrogen and oxygen atoms in total. The maximum Gasteiger partial charge on any atom is 0.179 e. The zero-order chi connectivity index (χ0) is 10.2. The summed E-state index contributed by atoms with van der Waals surface area (Å²) >= 11 is 0. The molecule has 1 aliphatic rings. The van der Waals surface area contributed by atoms with E-state index >= 15 is 0 Å². The molecule has 5 heteroatoms. The summed E-state index contributed by atoms with van der Waals surface area (Å²) < 4.78 is 23.3. The van der Waals surface area contributed by atoms with Crippen molar-refractivity contribution in [2.24, 2.45) is 0 Å². The number of hydrogen-bond donors (Lipinski definition) is 0. The molecule has 0 saturated heterocycles. The van der Waals surface area contributed by atoms with Crippen LogP contribution in [0.1, 0.15) is 22.3 Å². The molecular weight excluding hydrogens is 202 g/mol. The van der Waals surface area contributed by atoms with Crippen molar-refractivity contribution in [1.82, 2.24) is 4.98 Å². The number of aromatic nitrogens is 1. The Labute approximate surface area is 81.9 Å². The number of carbonyl (C=O) groups is 1. The van der Waals surface area contributed by atoms with Crippen molar-refractivity contribution in [2.75, 3.05) is 5.75 Å². The maximum atomic E-state index is 11.7. The Bertz CT molecular complexity index is 479. The summed E-state index contributed by atoms with van der Waals surface area (Å²) in [5.74, 6) is 0.130. The van der Waals surface area contributed by atoms with Gasteiger partial charge in [-0.05, 0) is 18.4 Å². The van der Waals surface area contributed by atoms with Gasteiger partial charge in [-0.3, -0.25) is 9.78 Å². The largest absolute Gasteiger partial charge is 0.298 e. The minimum absolute atomic E-state index is 0.130. The first-order valence-corrected chi connectivity index (χ1v) is 5.95. The Balaban J connectivity index is 2.77. The van der Waals surface area contributed by atoms with E-state index in [0.717, 1.165) is 0 Å². The molecule has 14 heavy (non-hydrogen) atoms. The van der Waals surface area contributed by atoms with Crippen molar-refractivity contribution in [2.45, 2.75) is 17.7 Å². The van der Waals surface area contributed by atoms with Gasteiger partial charge in [0.1, 0.15) is 0 Å². The van der Waals surface area contributed by atoms with E-state index < -0.39 is 9.84 Å². The minimum Gasteiger partial charge on any atom is -0.298 e. The van der Waals surface area contributed by atoms with Crippen molar-refractivity contribution in [3.05, 3.63) is 23.5 Å². The molecule has 1 aromatic heterocycles. The average molecular weight is 211 g/mol. The quantitative estimate of drug-likeness (QED) is 0.638. The van der Waals surface area contributed by atoms with Crippen molar-refractivity contribution in [1.29, 1.82) is 0 Å². The topological polar surface area (TPSA) is 64.1 Å². The predicted octanol–water partition coefficient (Wildman–Crippen LogP) is 0.614. The van der Waals surface area contributed by atoms with Gasteiger partial charge in [0.15, 0.2) is 16.1 Å². The third kappa shape index (κ3) is 1.33. The Morgan fingerprint density at radius 2 is 2.14 bits per heavy atom. The fourth-order valence-electron chi connectivity index (χ4n) is 1.71. The molecule has 0 spiro atoms. The molecule has 2 heterocycles. The first kappa shape index (κ1) is 9.33. The lowest BCUT2D eigenvalue weighted by Gasteiger charge is -2.16. The molecule has 0 radical (unpaired) electrons. The molecule has 0 aromatic carbocycles. The van der Waals surface area contributed by atoms with Crippen LogP contribution >= 0.6 is 0 Å². The monoisotopic (exact) mass is 211 g/mol. The van der Waals surface area contributed by atoms with Crippen LogP contribution in [-0.4, -0.2) is 25.4 Å². The van der Waals surface area contributed by atoms with Crippen molar-refractivity contribution >= 4 is 16.1 Å². The van der Waals surface area contributed by atoms with Crippen molar-refractivity contribution in [3.63, 3.8) is 0 Å². The van der Waals surface area contributed by atoms with Gasteiger partial charge in [0.05, 0.1) is 16.2 Å². The van der Waals surface area contributed by atoms with Gasteiger partial charge in [-0.15, -0.1) is 0 Å². The summed E-state index contributed by atoms with van der Waals surface area (Å²) in [6.45, 7) is 0. The van der Waals surface area contributed by atoms with Crippen LogP contribution in [0.4, 0.5) is 0 Å². The van der Waals surface area contributed by atoms with Crippen molar-refractivity contribution in [3.8, 4) is 0 Å². The van der Waals surface area contributed by atoms with Crippen LogP contribution in [0.15, 0.2) is 17.3 Å². The van der Waals surface area contributed by atoms with Crippen LogP contribution in [0.2, 0.25) is 0 Å². The SMILES string of the molecule is O=Cc1cncc2c1S(=O)(=O)CCC2. The number of fused-ring (bicyclic) bond motifs is 1. The summed E-state index contributed by atoms with van der Waals surface area (Å²) in [6.07, 6.45) is 4.67. The molecule has 0 unspecified atom stereocenters. The maximum absolute atomic E-state index is 11.7. The number of carbonyl (C=O) groups excluding carboxylic acids is 1. The fraction of sp³-hybridized carbons (Fsp3) is 0.333. The number of aldehydes is 1. The number of rotatable bonds is 1. The first-order chi connectivity index (χ1) is 6.65. The van der Waals surface area contributed by atoms with E-state index in [1.54, 1.807) is 0 Å². The molecule has 2 rings (SSSR count). The van der Waals surface area contributed by atoms with E-state index in [9.17, 15) is 13.2 Å². The van der Waals surface area contributed by atoms with Gasteiger partial charge in [0.25, 0.3) is 0 Å². The number of nitrogens with zero attached hydrogens (tertiary/aromatic N) is 1. The van der Waals surface area contributed by atoms with Gasteiger partial charge in [-0.2, -0.15) is 0 Å². The second-order valence-electron chi connectivity index (χ2n) is 3.26. The lowest BCUT2D eigenvalue weighted by molar-refractivity contribution is 0.112. The van der Waals surface area contributed by atoms with Gasteiger partial charge >= 0.3 is 0 Å². The normalized spacial score (nSPS) is 18.6. The number of pyridine rings is 1. The molecule has 74 valence electrons. The Kier molecular flexibility index (Phi) is 2.11. The Morgan fingerprint density at radius 3 is 2.86 bits per heavy atom. The molecule has 0 fully saturated rings. The van der Waals surface area contributed by atoms with E-state index in [4.69, 9.17) is 0 Å². The molecule has 0 saturated carbocycles. The number of aryl methyl sites for hydroxylation is 1. The van der Waals surface area contributed by atoms with Crippen LogP contribution in [0.25, 0.3) is 0 Å². The van der Waals surface area contributed by atoms with E-state index in [0.29, 0.717) is 24.7 Å². The van der Waals surface area contributed by atoms with Gasteiger partial charge in [0.2, 0.25) is 0 Å². The number of hydrogen-bond acceptors (Lipinski definition) is 4. The fourth-order valence-corrected chi connectivity index (χ4v) is 3.45. The molecule has 0 amide bonds. The Hall–Kier alpha value is -1.23. The molecule has 0 aliphatic carbocycles. The van der Waals surface area contributed by atoms with E-state index in [1.807, 2.05) is 0 Å². The van der Waals surface area contributed by atoms with Gasteiger partial charge in [-0.25, -0.2) is 8.42 Å². The van der Waals surface area contributed by atoms with Gasteiger partial charge in [-0.1, -0.05) is 0 Å². The van der Waals surface area contributed by atoms with Crippen LogP contribution in [0.3, 0.4) is 0 Å². The van der Waals surface area contributed by atoms with Crippen LogP contribution in [0.5, 0.6) is 0 Å². The molecule has 1 aliphatic heterocycles. The smallest absolute Gasteiger partial charge is 0.179 e. The standard InChI is InChI=1S/C9H9NO3S/c11-6-8-5-10-4-7-2-1-3-14(12,13)9(7)8/h4-6H,1-3H2. The first-order valence-electron chi connectivity index (χ1n) is 4.30. The zero-order valence-electron chi connectivity index (χ0n) is 7.43. The van der Waals surface area contributed by atoms with Crippen molar-refractivity contribution < 1.29 is 13.2 Å². The number of sulfone groups is 1. The summed E-state index contributed by atoms with van der Waals surface area (Å²) in [7, 11) is -3.26. The third-order valence-corrected chi connectivity index (χ3v) is 4.24. The summed E-state index contributed by atoms with van der Waals surface area (Å²) in [5.41, 5.74) is 0.850. The molecular formula is C9H9NO3S. The molecule has 0 bridgehead atoms. The van der Waals surface area contributed by atoms with E-state index in [-0.39, 0.29) is 16.2 Å². The highest BCUT2D eigenvalue weighted by Gasteiger charge is 2.26. The van der Waals surface area contributed by atoms with E-state index in [2.05, 4.69) is 4.98 Å². The minimum atomic E-state index is -3.26.